The fourth-order valence-electron chi connectivity index (χ4n) is 3.13. The van der Waals surface area contributed by atoms with Crippen LogP contribution in [0.15, 0.2) is 24.5 Å². The molecule has 2 fully saturated rings. The molecule has 5 heteroatoms. The van der Waals surface area contributed by atoms with Gasteiger partial charge in [-0.15, -0.1) is 0 Å². The van der Waals surface area contributed by atoms with Crippen LogP contribution in [0, 0.1) is 5.92 Å². The highest BCUT2D eigenvalue weighted by Crippen LogP contribution is 2.22. The molecule has 1 aromatic heterocycles. The lowest BCUT2D eigenvalue weighted by atomic mass is 9.95. The molecule has 0 atom stereocenters. The average molecular weight is 305 g/mol. The Morgan fingerprint density at radius 2 is 2.00 bits per heavy atom. The standard InChI is InChI=1S/C16H23N3OS/c20-16(19-8-10-21-11-9-19)15-3-6-18(7-4-15)13-14-2-1-5-17-12-14/h1-2,5,12,15H,3-4,6-11,13H2. The third-order valence-electron chi connectivity index (χ3n) is 4.39. The summed E-state index contributed by atoms with van der Waals surface area (Å²) in [6.45, 7) is 4.88. The molecule has 2 saturated heterocycles. The first kappa shape index (κ1) is 14.9. The molecule has 0 saturated carbocycles. The second-order valence-corrected chi connectivity index (χ2v) is 7.07. The van der Waals surface area contributed by atoms with Crippen LogP contribution in [-0.4, -0.2) is 58.4 Å². The van der Waals surface area contributed by atoms with E-state index in [2.05, 4.69) is 20.9 Å². The Labute approximate surface area is 130 Å². The third-order valence-corrected chi connectivity index (χ3v) is 5.33. The maximum Gasteiger partial charge on any atom is 0.225 e. The zero-order valence-electron chi connectivity index (χ0n) is 12.4. The van der Waals surface area contributed by atoms with Crippen molar-refractivity contribution in [2.75, 3.05) is 37.7 Å². The van der Waals surface area contributed by atoms with Crippen LogP contribution in [0.2, 0.25) is 0 Å². The summed E-state index contributed by atoms with van der Waals surface area (Å²) in [4.78, 5) is 21.2. The minimum absolute atomic E-state index is 0.248. The average Bonchev–Trinajstić information content (AvgIpc) is 2.57. The third kappa shape index (κ3) is 3.98. The monoisotopic (exact) mass is 305 g/mol. The van der Waals surface area contributed by atoms with E-state index in [0.29, 0.717) is 5.91 Å². The number of pyridine rings is 1. The van der Waals surface area contributed by atoms with Gasteiger partial charge in [-0.3, -0.25) is 14.7 Å². The van der Waals surface area contributed by atoms with E-state index in [1.807, 2.05) is 30.2 Å². The highest BCUT2D eigenvalue weighted by atomic mass is 32.2. The van der Waals surface area contributed by atoms with E-state index < -0.39 is 0 Å². The second-order valence-electron chi connectivity index (χ2n) is 5.85. The zero-order valence-corrected chi connectivity index (χ0v) is 13.2. The molecule has 3 rings (SSSR count). The van der Waals surface area contributed by atoms with Gasteiger partial charge in [-0.25, -0.2) is 0 Å². The van der Waals surface area contributed by atoms with Crippen LogP contribution >= 0.6 is 11.8 Å². The lowest BCUT2D eigenvalue weighted by molar-refractivity contribution is -0.136. The topological polar surface area (TPSA) is 36.4 Å². The quantitative estimate of drug-likeness (QED) is 0.854. The van der Waals surface area contributed by atoms with Crippen LogP contribution in [-0.2, 0) is 11.3 Å². The molecule has 0 aromatic carbocycles. The smallest absolute Gasteiger partial charge is 0.225 e. The van der Waals surface area contributed by atoms with Gasteiger partial charge in [0.1, 0.15) is 0 Å². The summed E-state index contributed by atoms with van der Waals surface area (Å²) in [5.41, 5.74) is 1.26. The minimum atomic E-state index is 0.248. The van der Waals surface area contributed by atoms with Crippen molar-refractivity contribution in [3.8, 4) is 0 Å². The number of amides is 1. The van der Waals surface area contributed by atoms with Crippen molar-refractivity contribution in [2.24, 2.45) is 5.92 Å². The molecule has 3 heterocycles. The van der Waals surface area contributed by atoms with Gasteiger partial charge in [0, 0.05) is 49.5 Å². The maximum atomic E-state index is 12.5. The predicted octanol–water partition coefficient (Wildman–Crippen LogP) is 1.87. The molecule has 0 N–H and O–H groups in total. The van der Waals surface area contributed by atoms with Crippen molar-refractivity contribution in [1.29, 1.82) is 0 Å². The number of aromatic nitrogens is 1. The van der Waals surface area contributed by atoms with Crippen LogP contribution in [0.4, 0.5) is 0 Å². The minimum Gasteiger partial charge on any atom is -0.341 e. The van der Waals surface area contributed by atoms with E-state index in [-0.39, 0.29) is 5.92 Å². The molecular weight excluding hydrogens is 282 g/mol. The van der Waals surface area contributed by atoms with Gasteiger partial charge in [0.2, 0.25) is 5.91 Å². The van der Waals surface area contributed by atoms with Crippen molar-refractivity contribution >= 4 is 17.7 Å². The molecule has 0 radical (unpaired) electrons. The Hall–Kier alpha value is -1.07. The number of likely N-dealkylation sites (tertiary alicyclic amines) is 1. The van der Waals surface area contributed by atoms with E-state index in [1.165, 1.54) is 5.56 Å². The van der Waals surface area contributed by atoms with E-state index >= 15 is 0 Å². The first-order valence-corrected chi connectivity index (χ1v) is 8.96. The van der Waals surface area contributed by atoms with Gasteiger partial charge in [0.15, 0.2) is 0 Å². The van der Waals surface area contributed by atoms with Crippen molar-refractivity contribution in [3.63, 3.8) is 0 Å². The van der Waals surface area contributed by atoms with Gasteiger partial charge in [0.25, 0.3) is 0 Å². The molecule has 0 bridgehead atoms. The summed E-state index contributed by atoms with van der Waals surface area (Å²) >= 11 is 1.96. The van der Waals surface area contributed by atoms with Crippen LogP contribution in [0.3, 0.4) is 0 Å². The molecule has 2 aliphatic rings. The van der Waals surface area contributed by atoms with E-state index in [0.717, 1.165) is 57.1 Å². The summed E-state index contributed by atoms with van der Waals surface area (Å²) in [5.74, 6) is 2.85. The second kappa shape index (κ2) is 7.27. The number of rotatable bonds is 3. The van der Waals surface area contributed by atoms with Gasteiger partial charge in [-0.05, 0) is 37.6 Å². The molecule has 1 aromatic rings. The van der Waals surface area contributed by atoms with Crippen LogP contribution in [0.5, 0.6) is 0 Å². The van der Waals surface area contributed by atoms with Gasteiger partial charge in [-0.1, -0.05) is 6.07 Å². The largest absolute Gasteiger partial charge is 0.341 e. The summed E-state index contributed by atoms with van der Waals surface area (Å²) < 4.78 is 0. The molecule has 4 nitrogen and oxygen atoms in total. The number of nitrogens with zero attached hydrogens (tertiary/aromatic N) is 3. The number of carbonyl (C=O) groups is 1. The predicted molar refractivity (Wildman–Crippen MR) is 86.1 cm³/mol. The maximum absolute atomic E-state index is 12.5. The van der Waals surface area contributed by atoms with Crippen molar-refractivity contribution in [2.45, 2.75) is 19.4 Å². The molecular formula is C16H23N3OS. The molecule has 2 aliphatic heterocycles. The van der Waals surface area contributed by atoms with E-state index in [1.54, 1.807) is 0 Å². The normalized spacial score (nSPS) is 21.4. The fourth-order valence-corrected chi connectivity index (χ4v) is 4.03. The summed E-state index contributed by atoms with van der Waals surface area (Å²) in [5, 5.41) is 0. The van der Waals surface area contributed by atoms with Crippen molar-refractivity contribution < 1.29 is 4.79 Å². The van der Waals surface area contributed by atoms with E-state index in [9.17, 15) is 4.79 Å². The Morgan fingerprint density at radius 3 is 2.67 bits per heavy atom. The Morgan fingerprint density at radius 1 is 1.24 bits per heavy atom. The van der Waals surface area contributed by atoms with Crippen molar-refractivity contribution in [1.82, 2.24) is 14.8 Å². The number of hydrogen-bond donors (Lipinski definition) is 0. The highest BCUT2D eigenvalue weighted by molar-refractivity contribution is 7.99. The van der Waals surface area contributed by atoms with E-state index in [4.69, 9.17) is 0 Å². The fraction of sp³-hybridized carbons (Fsp3) is 0.625. The zero-order chi connectivity index (χ0) is 14.5. The van der Waals surface area contributed by atoms with Crippen LogP contribution in [0.1, 0.15) is 18.4 Å². The lowest BCUT2D eigenvalue weighted by Gasteiger charge is -2.35. The van der Waals surface area contributed by atoms with Gasteiger partial charge in [-0.2, -0.15) is 11.8 Å². The summed E-state index contributed by atoms with van der Waals surface area (Å²) in [7, 11) is 0. The number of carbonyl (C=O) groups excluding carboxylic acids is 1. The molecule has 0 unspecified atom stereocenters. The number of piperidine rings is 1. The first-order valence-electron chi connectivity index (χ1n) is 7.81. The Balaban J connectivity index is 1.47. The number of thioether (sulfide) groups is 1. The van der Waals surface area contributed by atoms with Crippen LogP contribution in [0.25, 0.3) is 0 Å². The lowest BCUT2D eigenvalue weighted by Crippen LogP contribution is -2.45. The Bertz CT molecular complexity index is 454. The Kier molecular flexibility index (Phi) is 5.14. The van der Waals surface area contributed by atoms with Gasteiger partial charge in [0.05, 0.1) is 0 Å². The van der Waals surface area contributed by atoms with Crippen LogP contribution < -0.4 is 0 Å². The van der Waals surface area contributed by atoms with Gasteiger partial charge < -0.3 is 4.90 Å². The summed E-state index contributed by atoms with van der Waals surface area (Å²) in [6.07, 6.45) is 5.75. The SMILES string of the molecule is O=C(C1CCN(Cc2cccnc2)CC1)N1CCSCC1. The highest BCUT2D eigenvalue weighted by Gasteiger charge is 2.29. The number of hydrogen-bond acceptors (Lipinski definition) is 4. The molecule has 114 valence electrons. The molecule has 0 aliphatic carbocycles. The molecule has 0 spiro atoms. The first-order chi connectivity index (χ1) is 10.3. The van der Waals surface area contributed by atoms with Gasteiger partial charge >= 0.3 is 0 Å². The summed E-state index contributed by atoms with van der Waals surface area (Å²) in [6, 6.07) is 4.11. The molecule has 1 amide bonds. The van der Waals surface area contributed by atoms with Crippen molar-refractivity contribution in [3.05, 3.63) is 30.1 Å². The molecule has 21 heavy (non-hydrogen) atoms.